The molecule has 132 valence electrons. The highest BCUT2D eigenvalue weighted by molar-refractivity contribution is 5.89. The van der Waals surface area contributed by atoms with Crippen LogP contribution >= 0.6 is 0 Å². The zero-order chi connectivity index (χ0) is 18.1. The van der Waals surface area contributed by atoms with Crippen molar-refractivity contribution in [2.75, 3.05) is 13.7 Å². The van der Waals surface area contributed by atoms with Crippen LogP contribution in [0.3, 0.4) is 0 Å². The lowest BCUT2D eigenvalue weighted by Gasteiger charge is -2.08. The fourth-order valence-electron chi connectivity index (χ4n) is 2.29. The van der Waals surface area contributed by atoms with Crippen LogP contribution in [0.4, 0.5) is 0 Å². The molecule has 0 bridgehead atoms. The van der Waals surface area contributed by atoms with Crippen molar-refractivity contribution in [1.82, 2.24) is 5.32 Å². The number of carbonyl (C=O) groups excluding carboxylic acids is 2. The number of esters is 1. The minimum absolute atomic E-state index is 0.0233. The maximum atomic E-state index is 11.9. The van der Waals surface area contributed by atoms with Crippen molar-refractivity contribution >= 4 is 11.9 Å². The van der Waals surface area contributed by atoms with Gasteiger partial charge in [0, 0.05) is 13.0 Å². The van der Waals surface area contributed by atoms with E-state index >= 15 is 0 Å². The van der Waals surface area contributed by atoms with Crippen molar-refractivity contribution in [3.8, 4) is 5.75 Å². The Kier molecular flexibility index (Phi) is 7.01. The van der Waals surface area contributed by atoms with E-state index in [2.05, 4.69) is 10.1 Å². The van der Waals surface area contributed by atoms with Crippen molar-refractivity contribution in [2.45, 2.75) is 26.3 Å². The van der Waals surface area contributed by atoms with Crippen molar-refractivity contribution in [2.24, 2.45) is 0 Å². The second kappa shape index (κ2) is 9.47. The van der Waals surface area contributed by atoms with E-state index in [4.69, 9.17) is 4.74 Å². The zero-order valence-corrected chi connectivity index (χ0v) is 14.6. The topological polar surface area (TPSA) is 64.6 Å². The van der Waals surface area contributed by atoms with Crippen molar-refractivity contribution in [1.29, 1.82) is 0 Å². The molecule has 0 unspecified atom stereocenters. The lowest BCUT2D eigenvalue weighted by molar-refractivity contribution is -0.121. The van der Waals surface area contributed by atoms with Gasteiger partial charge in [0.2, 0.25) is 5.91 Å². The Morgan fingerprint density at radius 1 is 1.08 bits per heavy atom. The first-order valence-electron chi connectivity index (χ1n) is 8.22. The first kappa shape index (κ1) is 18.5. The summed E-state index contributed by atoms with van der Waals surface area (Å²) in [6.45, 7) is 2.95. The molecule has 0 radical (unpaired) electrons. The molecule has 0 saturated heterocycles. The fourth-order valence-corrected chi connectivity index (χ4v) is 2.29. The number of aryl methyl sites for hydroxylation is 1. The Morgan fingerprint density at radius 3 is 2.52 bits per heavy atom. The second-order valence-electron chi connectivity index (χ2n) is 5.73. The summed E-state index contributed by atoms with van der Waals surface area (Å²) in [5.41, 5.74) is 2.57. The number of benzene rings is 2. The first-order valence-corrected chi connectivity index (χ1v) is 8.22. The zero-order valence-electron chi connectivity index (χ0n) is 14.6. The molecule has 25 heavy (non-hydrogen) atoms. The third kappa shape index (κ3) is 6.30. The number of hydrogen-bond donors (Lipinski definition) is 1. The molecular formula is C20H23NO4. The van der Waals surface area contributed by atoms with Crippen LogP contribution < -0.4 is 10.1 Å². The SMILES string of the molecule is COC(=O)c1ccc(CNC(=O)CCCOc2cccc(C)c2)cc1. The number of ether oxygens (including phenoxy) is 2. The molecule has 0 atom stereocenters. The standard InChI is InChI=1S/C20H23NO4/c1-15-5-3-6-18(13-15)25-12-4-7-19(22)21-14-16-8-10-17(11-9-16)20(23)24-2/h3,5-6,8-11,13H,4,7,12,14H2,1-2H3,(H,21,22). The van der Waals surface area contributed by atoms with Gasteiger partial charge in [-0.1, -0.05) is 24.3 Å². The third-order valence-electron chi connectivity index (χ3n) is 3.67. The van der Waals surface area contributed by atoms with E-state index in [0.29, 0.717) is 31.6 Å². The molecule has 0 spiro atoms. The minimum Gasteiger partial charge on any atom is -0.494 e. The van der Waals surface area contributed by atoms with E-state index in [1.54, 1.807) is 24.3 Å². The first-order chi connectivity index (χ1) is 12.1. The monoisotopic (exact) mass is 341 g/mol. The van der Waals surface area contributed by atoms with Gasteiger partial charge in [-0.3, -0.25) is 4.79 Å². The second-order valence-corrected chi connectivity index (χ2v) is 5.73. The Balaban J connectivity index is 1.66. The lowest BCUT2D eigenvalue weighted by Crippen LogP contribution is -2.23. The number of rotatable bonds is 8. The normalized spacial score (nSPS) is 10.2. The van der Waals surface area contributed by atoms with Gasteiger partial charge in [-0.25, -0.2) is 4.79 Å². The van der Waals surface area contributed by atoms with Crippen LogP contribution in [0.5, 0.6) is 5.75 Å². The molecule has 1 amide bonds. The van der Waals surface area contributed by atoms with Crippen molar-refractivity contribution in [3.05, 3.63) is 65.2 Å². The summed E-state index contributed by atoms with van der Waals surface area (Å²) in [7, 11) is 1.35. The number of amides is 1. The van der Waals surface area contributed by atoms with Gasteiger partial charge < -0.3 is 14.8 Å². The van der Waals surface area contributed by atoms with Crippen LogP contribution in [0.25, 0.3) is 0 Å². The molecule has 0 aliphatic rings. The Hall–Kier alpha value is -2.82. The minimum atomic E-state index is -0.371. The number of hydrogen-bond acceptors (Lipinski definition) is 4. The van der Waals surface area contributed by atoms with Gasteiger partial charge in [-0.2, -0.15) is 0 Å². The van der Waals surface area contributed by atoms with Crippen LogP contribution in [0.15, 0.2) is 48.5 Å². The summed E-state index contributed by atoms with van der Waals surface area (Å²) in [5, 5.41) is 2.86. The molecule has 0 fully saturated rings. The van der Waals surface area contributed by atoms with E-state index in [9.17, 15) is 9.59 Å². The predicted octanol–water partition coefficient (Wildman–Crippen LogP) is 3.26. The van der Waals surface area contributed by atoms with Gasteiger partial charge in [0.1, 0.15) is 5.75 Å². The Morgan fingerprint density at radius 2 is 1.84 bits per heavy atom. The Labute approximate surface area is 148 Å². The summed E-state index contributed by atoms with van der Waals surface area (Å²) in [5.74, 6) is 0.431. The molecule has 0 aliphatic heterocycles. The van der Waals surface area contributed by atoms with E-state index in [0.717, 1.165) is 16.9 Å². The molecule has 0 heterocycles. The van der Waals surface area contributed by atoms with Crippen LogP contribution in [0.1, 0.15) is 34.3 Å². The molecule has 1 N–H and O–H groups in total. The maximum Gasteiger partial charge on any atom is 0.337 e. The van der Waals surface area contributed by atoms with Gasteiger partial charge in [-0.05, 0) is 48.7 Å². The Bertz CT molecular complexity index is 710. The number of nitrogens with one attached hydrogen (secondary N) is 1. The molecule has 5 nitrogen and oxygen atoms in total. The molecular weight excluding hydrogens is 318 g/mol. The molecule has 0 aromatic heterocycles. The quantitative estimate of drug-likeness (QED) is 0.591. The van der Waals surface area contributed by atoms with E-state index < -0.39 is 0 Å². The highest BCUT2D eigenvalue weighted by Crippen LogP contribution is 2.12. The highest BCUT2D eigenvalue weighted by atomic mass is 16.5. The predicted molar refractivity (Wildman–Crippen MR) is 95.5 cm³/mol. The van der Waals surface area contributed by atoms with Crippen LogP contribution in [0.2, 0.25) is 0 Å². The number of carbonyl (C=O) groups is 2. The van der Waals surface area contributed by atoms with Crippen molar-refractivity contribution < 1.29 is 19.1 Å². The van der Waals surface area contributed by atoms with Gasteiger partial charge in [0.25, 0.3) is 0 Å². The maximum absolute atomic E-state index is 11.9. The molecule has 2 rings (SSSR count). The van der Waals surface area contributed by atoms with Gasteiger partial charge in [0.05, 0.1) is 19.3 Å². The molecule has 0 saturated carbocycles. The molecule has 0 aliphatic carbocycles. The average Bonchev–Trinajstić information content (AvgIpc) is 2.63. The summed E-state index contributed by atoms with van der Waals surface area (Å²) in [4.78, 5) is 23.2. The third-order valence-corrected chi connectivity index (χ3v) is 3.67. The highest BCUT2D eigenvalue weighted by Gasteiger charge is 2.05. The lowest BCUT2D eigenvalue weighted by atomic mass is 10.1. The van der Waals surface area contributed by atoms with Gasteiger partial charge >= 0.3 is 5.97 Å². The molecule has 2 aromatic carbocycles. The van der Waals surface area contributed by atoms with Gasteiger partial charge in [0.15, 0.2) is 0 Å². The fraction of sp³-hybridized carbons (Fsp3) is 0.300. The van der Waals surface area contributed by atoms with Gasteiger partial charge in [-0.15, -0.1) is 0 Å². The average molecular weight is 341 g/mol. The summed E-state index contributed by atoms with van der Waals surface area (Å²) < 4.78 is 10.3. The largest absolute Gasteiger partial charge is 0.494 e. The summed E-state index contributed by atoms with van der Waals surface area (Å²) >= 11 is 0. The van der Waals surface area contributed by atoms with Crippen molar-refractivity contribution in [3.63, 3.8) is 0 Å². The van der Waals surface area contributed by atoms with E-state index in [1.807, 2.05) is 31.2 Å². The van der Waals surface area contributed by atoms with Crippen LogP contribution in [0, 0.1) is 6.92 Å². The molecule has 2 aromatic rings. The van der Waals surface area contributed by atoms with E-state index in [1.165, 1.54) is 7.11 Å². The molecule has 5 heteroatoms. The number of methoxy groups -OCH3 is 1. The van der Waals surface area contributed by atoms with Crippen LogP contribution in [-0.2, 0) is 16.1 Å². The smallest absolute Gasteiger partial charge is 0.337 e. The summed E-state index contributed by atoms with van der Waals surface area (Å²) in [6, 6.07) is 14.8. The summed E-state index contributed by atoms with van der Waals surface area (Å²) in [6.07, 6.45) is 1.06. The van der Waals surface area contributed by atoms with Crippen LogP contribution in [-0.4, -0.2) is 25.6 Å². The van der Waals surface area contributed by atoms with E-state index in [-0.39, 0.29) is 11.9 Å².